The predicted octanol–water partition coefficient (Wildman–Crippen LogP) is 0.548. The van der Waals surface area contributed by atoms with Gasteiger partial charge in [-0.2, -0.15) is 0 Å². The highest BCUT2D eigenvalue weighted by molar-refractivity contribution is 5.95. The van der Waals surface area contributed by atoms with Crippen LogP contribution in [0.15, 0.2) is 18.3 Å². The molecule has 0 aliphatic carbocycles. The minimum atomic E-state index is -1.09. The highest BCUT2D eigenvalue weighted by Gasteiger charge is 2.10. The highest BCUT2D eigenvalue weighted by Crippen LogP contribution is 2.13. The van der Waals surface area contributed by atoms with Crippen LogP contribution in [-0.2, 0) is 9.53 Å². The summed E-state index contributed by atoms with van der Waals surface area (Å²) >= 11 is 0. The first-order valence-corrected chi connectivity index (χ1v) is 4.29. The molecule has 0 saturated heterocycles. The number of nitrogen functional groups attached to an aromatic ring is 1. The van der Waals surface area contributed by atoms with Crippen molar-refractivity contribution in [1.82, 2.24) is 4.98 Å². The lowest BCUT2D eigenvalue weighted by atomic mass is 10.2. The molecule has 1 rings (SSSR count). The number of anilines is 1. The number of hydrogen-bond acceptors (Lipinski definition) is 5. The van der Waals surface area contributed by atoms with Crippen LogP contribution in [0.2, 0.25) is 0 Å². The standard InChI is InChI=1S/C10H10N2O4/c1-16-10(15)7-4-6(2-3-8(13)14)5-12-9(7)11/h2-5H,1H3,(H2,11,12)(H,13,14). The predicted molar refractivity (Wildman–Crippen MR) is 56.7 cm³/mol. The molecule has 0 aliphatic heterocycles. The maximum Gasteiger partial charge on any atom is 0.341 e. The fourth-order valence-corrected chi connectivity index (χ4v) is 1.02. The van der Waals surface area contributed by atoms with Gasteiger partial charge in [0.25, 0.3) is 0 Å². The van der Waals surface area contributed by atoms with Gasteiger partial charge in [-0.15, -0.1) is 0 Å². The van der Waals surface area contributed by atoms with Crippen LogP contribution >= 0.6 is 0 Å². The second-order valence-corrected chi connectivity index (χ2v) is 2.86. The highest BCUT2D eigenvalue weighted by atomic mass is 16.5. The smallest absolute Gasteiger partial charge is 0.341 e. The Labute approximate surface area is 91.4 Å². The van der Waals surface area contributed by atoms with Crippen molar-refractivity contribution < 1.29 is 19.4 Å². The fourth-order valence-electron chi connectivity index (χ4n) is 1.02. The van der Waals surface area contributed by atoms with E-state index in [-0.39, 0.29) is 11.4 Å². The Hall–Kier alpha value is -2.37. The number of aliphatic carboxylic acids is 1. The minimum Gasteiger partial charge on any atom is -0.478 e. The van der Waals surface area contributed by atoms with Crippen LogP contribution in [0.1, 0.15) is 15.9 Å². The van der Waals surface area contributed by atoms with Crippen LogP contribution in [-0.4, -0.2) is 29.1 Å². The van der Waals surface area contributed by atoms with Crippen molar-refractivity contribution in [3.63, 3.8) is 0 Å². The molecule has 0 aromatic carbocycles. The number of nitrogens with two attached hydrogens (primary N) is 1. The van der Waals surface area contributed by atoms with E-state index in [0.717, 1.165) is 6.08 Å². The van der Waals surface area contributed by atoms with Gasteiger partial charge in [0.2, 0.25) is 0 Å². The van der Waals surface area contributed by atoms with Crippen LogP contribution in [0.25, 0.3) is 6.08 Å². The monoisotopic (exact) mass is 222 g/mol. The minimum absolute atomic E-state index is 0.0410. The Balaban J connectivity index is 3.07. The van der Waals surface area contributed by atoms with Gasteiger partial charge in [0.15, 0.2) is 0 Å². The number of esters is 1. The molecule has 0 bridgehead atoms. The molecule has 1 aromatic rings. The molecular weight excluding hydrogens is 212 g/mol. The number of aromatic nitrogens is 1. The number of carboxylic acids is 1. The van der Waals surface area contributed by atoms with Gasteiger partial charge < -0.3 is 15.6 Å². The first-order chi connectivity index (χ1) is 7.54. The molecule has 0 unspecified atom stereocenters. The van der Waals surface area contributed by atoms with Crippen molar-refractivity contribution in [2.45, 2.75) is 0 Å². The van der Waals surface area contributed by atoms with Gasteiger partial charge in [-0.25, -0.2) is 14.6 Å². The molecule has 1 heterocycles. The van der Waals surface area contributed by atoms with Crippen LogP contribution in [0.5, 0.6) is 0 Å². The van der Waals surface area contributed by atoms with Gasteiger partial charge in [-0.1, -0.05) is 0 Å². The fraction of sp³-hybridized carbons (Fsp3) is 0.100. The molecule has 1 aromatic heterocycles. The van der Waals surface area contributed by atoms with E-state index in [4.69, 9.17) is 10.8 Å². The zero-order valence-corrected chi connectivity index (χ0v) is 8.51. The number of hydrogen-bond donors (Lipinski definition) is 2. The van der Waals surface area contributed by atoms with E-state index in [1.165, 1.54) is 25.4 Å². The van der Waals surface area contributed by atoms with E-state index in [1.54, 1.807) is 0 Å². The number of methoxy groups -OCH3 is 1. The molecular formula is C10H10N2O4. The van der Waals surface area contributed by atoms with E-state index < -0.39 is 11.9 Å². The second kappa shape index (κ2) is 4.92. The Kier molecular flexibility index (Phi) is 3.60. The summed E-state index contributed by atoms with van der Waals surface area (Å²) in [5.74, 6) is -1.66. The molecule has 0 aliphatic rings. The van der Waals surface area contributed by atoms with E-state index in [2.05, 4.69) is 9.72 Å². The third kappa shape index (κ3) is 2.81. The number of nitrogens with zero attached hydrogens (tertiary/aromatic N) is 1. The lowest BCUT2D eigenvalue weighted by Crippen LogP contribution is -2.07. The van der Waals surface area contributed by atoms with Gasteiger partial charge >= 0.3 is 11.9 Å². The summed E-state index contributed by atoms with van der Waals surface area (Å²) in [4.78, 5) is 25.3. The van der Waals surface area contributed by atoms with Crippen molar-refractivity contribution in [2.75, 3.05) is 12.8 Å². The molecule has 84 valence electrons. The van der Waals surface area contributed by atoms with Crippen molar-refractivity contribution in [1.29, 1.82) is 0 Å². The first-order valence-electron chi connectivity index (χ1n) is 4.29. The normalized spacial score (nSPS) is 10.3. The Morgan fingerprint density at radius 1 is 1.56 bits per heavy atom. The zero-order chi connectivity index (χ0) is 12.1. The molecule has 6 nitrogen and oxygen atoms in total. The third-order valence-electron chi connectivity index (χ3n) is 1.76. The number of carbonyl (C=O) groups excluding carboxylic acids is 1. The number of carboxylic acid groups (broad SMARTS) is 1. The molecule has 0 spiro atoms. The number of carbonyl (C=O) groups is 2. The van der Waals surface area contributed by atoms with E-state index in [1.807, 2.05) is 0 Å². The van der Waals surface area contributed by atoms with Crippen LogP contribution in [0.4, 0.5) is 5.82 Å². The summed E-state index contributed by atoms with van der Waals surface area (Å²) in [6, 6.07) is 1.41. The van der Waals surface area contributed by atoms with Gasteiger partial charge in [0.1, 0.15) is 11.4 Å². The van der Waals surface area contributed by atoms with E-state index in [9.17, 15) is 9.59 Å². The summed E-state index contributed by atoms with van der Waals surface area (Å²) in [5.41, 5.74) is 6.03. The first kappa shape index (κ1) is 11.7. The summed E-state index contributed by atoms with van der Waals surface area (Å²) in [5, 5.41) is 8.43. The van der Waals surface area contributed by atoms with Crippen molar-refractivity contribution in [3.05, 3.63) is 29.5 Å². The lowest BCUT2D eigenvalue weighted by molar-refractivity contribution is -0.131. The van der Waals surface area contributed by atoms with Crippen molar-refractivity contribution >= 4 is 23.8 Å². The summed E-state index contributed by atoms with van der Waals surface area (Å²) in [6.45, 7) is 0. The summed E-state index contributed by atoms with van der Waals surface area (Å²) in [7, 11) is 1.22. The maximum absolute atomic E-state index is 11.2. The zero-order valence-electron chi connectivity index (χ0n) is 8.51. The van der Waals surface area contributed by atoms with Gasteiger partial charge in [-0.05, 0) is 17.7 Å². The van der Waals surface area contributed by atoms with Crippen LogP contribution in [0, 0.1) is 0 Å². The molecule has 0 saturated carbocycles. The lowest BCUT2D eigenvalue weighted by Gasteiger charge is -2.03. The van der Waals surface area contributed by atoms with Crippen molar-refractivity contribution in [3.8, 4) is 0 Å². The van der Waals surface area contributed by atoms with E-state index >= 15 is 0 Å². The van der Waals surface area contributed by atoms with Gasteiger partial charge in [-0.3, -0.25) is 0 Å². The molecule has 0 amide bonds. The number of pyridine rings is 1. The molecule has 0 fully saturated rings. The Morgan fingerprint density at radius 2 is 2.25 bits per heavy atom. The second-order valence-electron chi connectivity index (χ2n) is 2.86. The Bertz CT molecular complexity index is 454. The van der Waals surface area contributed by atoms with Gasteiger partial charge in [0, 0.05) is 12.3 Å². The van der Waals surface area contributed by atoms with Crippen molar-refractivity contribution in [2.24, 2.45) is 0 Å². The molecule has 0 radical (unpaired) electrons. The summed E-state index contributed by atoms with van der Waals surface area (Å²) < 4.78 is 4.50. The Morgan fingerprint density at radius 3 is 2.81 bits per heavy atom. The van der Waals surface area contributed by atoms with Crippen LogP contribution < -0.4 is 5.73 Å². The number of rotatable bonds is 3. The molecule has 6 heteroatoms. The van der Waals surface area contributed by atoms with Gasteiger partial charge in [0.05, 0.1) is 7.11 Å². The van der Waals surface area contributed by atoms with E-state index in [0.29, 0.717) is 5.56 Å². The molecule has 0 atom stereocenters. The average molecular weight is 222 g/mol. The molecule has 16 heavy (non-hydrogen) atoms. The maximum atomic E-state index is 11.2. The largest absolute Gasteiger partial charge is 0.478 e. The van der Waals surface area contributed by atoms with Crippen LogP contribution in [0.3, 0.4) is 0 Å². The molecule has 3 N–H and O–H groups in total. The topological polar surface area (TPSA) is 103 Å². The quantitative estimate of drug-likeness (QED) is 0.571. The summed E-state index contributed by atoms with van der Waals surface area (Å²) in [6.07, 6.45) is 3.61. The SMILES string of the molecule is COC(=O)c1cc(C=CC(=O)O)cnc1N. The third-order valence-corrected chi connectivity index (χ3v) is 1.76. The number of ether oxygens (including phenoxy) is 1. The average Bonchev–Trinajstić information content (AvgIpc) is 2.27.